The number of benzene rings is 1. The molecule has 24 heavy (non-hydrogen) atoms. The first-order chi connectivity index (χ1) is 11.4. The Labute approximate surface area is 139 Å². The second kappa shape index (κ2) is 6.76. The van der Waals surface area contributed by atoms with Crippen LogP contribution < -0.4 is 10.9 Å². The van der Waals surface area contributed by atoms with Crippen LogP contribution in [-0.2, 0) is 9.84 Å². The Bertz CT molecular complexity index is 902. The molecule has 7 heteroatoms. The SMILES string of the molecule is O=C(NCCC1CCS(=O)(=O)CC1)c1cc2ccccc2oc1=O. The molecule has 6 nitrogen and oxygen atoms in total. The summed E-state index contributed by atoms with van der Waals surface area (Å²) in [5, 5.41) is 3.42. The molecular weight excluding hydrogens is 330 g/mol. The van der Waals surface area contributed by atoms with Gasteiger partial charge in [0.15, 0.2) is 0 Å². The maximum Gasteiger partial charge on any atom is 0.349 e. The molecule has 0 bridgehead atoms. The Morgan fingerprint density at radius 3 is 2.67 bits per heavy atom. The quantitative estimate of drug-likeness (QED) is 0.849. The first-order valence-corrected chi connectivity index (χ1v) is 9.78. The van der Waals surface area contributed by atoms with E-state index in [1.807, 2.05) is 0 Å². The number of rotatable bonds is 4. The Morgan fingerprint density at radius 1 is 1.21 bits per heavy atom. The van der Waals surface area contributed by atoms with Crippen molar-refractivity contribution in [2.24, 2.45) is 5.92 Å². The third-order valence-electron chi connectivity index (χ3n) is 4.40. The molecule has 0 unspecified atom stereocenters. The van der Waals surface area contributed by atoms with Gasteiger partial charge in [0, 0.05) is 11.9 Å². The van der Waals surface area contributed by atoms with E-state index in [2.05, 4.69) is 5.32 Å². The van der Waals surface area contributed by atoms with Crippen molar-refractivity contribution in [1.82, 2.24) is 5.32 Å². The summed E-state index contributed by atoms with van der Waals surface area (Å²) in [7, 11) is -2.87. The zero-order valence-electron chi connectivity index (χ0n) is 13.2. The maximum atomic E-state index is 12.2. The molecule has 0 radical (unpaired) electrons. The fourth-order valence-electron chi connectivity index (χ4n) is 2.93. The lowest BCUT2D eigenvalue weighted by molar-refractivity contribution is 0.0947. The van der Waals surface area contributed by atoms with Crippen molar-refractivity contribution in [1.29, 1.82) is 0 Å². The van der Waals surface area contributed by atoms with Crippen molar-refractivity contribution in [2.45, 2.75) is 19.3 Å². The Morgan fingerprint density at radius 2 is 1.92 bits per heavy atom. The number of para-hydroxylation sites is 1. The average molecular weight is 349 g/mol. The molecule has 2 aromatic rings. The topological polar surface area (TPSA) is 93.4 Å². The van der Waals surface area contributed by atoms with E-state index in [9.17, 15) is 18.0 Å². The Hall–Kier alpha value is -2.15. The van der Waals surface area contributed by atoms with Crippen LogP contribution in [0.5, 0.6) is 0 Å². The first kappa shape index (κ1) is 16.7. The van der Waals surface area contributed by atoms with Crippen LogP contribution in [0.15, 0.2) is 39.5 Å². The van der Waals surface area contributed by atoms with E-state index in [0.29, 0.717) is 42.7 Å². The molecule has 1 aromatic heterocycles. The van der Waals surface area contributed by atoms with Gasteiger partial charge < -0.3 is 9.73 Å². The molecule has 1 aromatic carbocycles. The van der Waals surface area contributed by atoms with Crippen molar-refractivity contribution in [2.75, 3.05) is 18.1 Å². The number of nitrogens with one attached hydrogen (secondary N) is 1. The highest BCUT2D eigenvalue weighted by atomic mass is 32.2. The lowest BCUT2D eigenvalue weighted by atomic mass is 9.99. The minimum absolute atomic E-state index is 0.0140. The van der Waals surface area contributed by atoms with Gasteiger partial charge in [-0.1, -0.05) is 18.2 Å². The van der Waals surface area contributed by atoms with Gasteiger partial charge in [-0.3, -0.25) is 4.79 Å². The monoisotopic (exact) mass is 349 g/mol. The zero-order valence-corrected chi connectivity index (χ0v) is 14.0. The minimum atomic E-state index is -2.87. The highest BCUT2D eigenvalue weighted by Crippen LogP contribution is 2.21. The molecule has 128 valence electrons. The zero-order chi connectivity index (χ0) is 17.2. The predicted molar refractivity (Wildman–Crippen MR) is 90.8 cm³/mol. The lowest BCUT2D eigenvalue weighted by Crippen LogP contribution is -2.31. The van der Waals surface area contributed by atoms with Gasteiger partial charge in [0.2, 0.25) is 0 Å². The van der Waals surface area contributed by atoms with Gasteiger partial charge in [0.25, 0.3) is 5.91 Å². The largest absolute Gasteiger partial charge is 0.422 e. The second-order valence-electron chi connectivity index (χ2n) is 6.13. The highest BCUT2D eigenvalue weighted by molar-refractivity contribution is 7.91. The molecule has 1 aliphatic rings. The third-order valence-corrected chi connectivity index (χ3v) is 6.11. The van der Waals surface area contributed by atoms with Crippen LogP contribution in [0.3, 0.4) is 0 Å². The number of carbonyl (C=O) groups is 1. The number of fused-ring (bicyclic) bond motifs is 1. The molecule has 0 spiro atoms. The lowest BCUT2D eigenvalue weighted by Gasteiger charge is -2.21. The van der Waals surface area contributed by atoms with Gasteiger partial charge in [-0.15, -0.1) is 0 Å². The summed E-state index contributed by atoms with van der Waals surface area (Å²) in [5.41, 5.74) is -0.225. The van der Waals surface area contributed by atoms with Gasteiger partial charge in [0.05, 0.1) is 11.5 Å². The van der Waals surface area contributed by atoms with Crippen LogP contribution in [0.25, 0.3) is 11.0 Å². The summed E-state index contributed by atoms with van der Waals surface area (Å²) in [5.74, 6) is 0.277. The van der Waals surface area contributed by atoms with Crippen LogP contribution in [0, 0.1) is 5.92 Å². The average Bonchev–Trinajstić information content (AvgIpc) is 2.55. The molecular formula is C17H19NO5S. The maximum absolute atomic E-state index is 12.2. The number of amides is 1. The van der Waals surface area contributed by atoms with Crippen molar-refractivity contribution in [3.05, 3.63) is 46.3 Å². The minimum Gasteiger partial charge on any atom is -0.422 e. The van der Waals surface area contributed by atoms with E-state index >= 15 is 0 Å². The molecule has 1 fully saturated rings. The predicted octanol–water partition coefficient (Wildman–Crippen LogP) is 1.74. The van der Waals surface area contributed by atoms with Crippen LogP contribution in [0.4, 0.5) is 0 Å². The first-order valence-electron chi connectivity index (χ1n) is 7.96. The fourth-order valence-corrected chi connectivity index (χ4v) is 4.52. The smallest absolute Gasteiger partial charge is 0.349 e. The number of sulfone groups is 1. The van der Waals surface area contributed by atoms with Gasteiger partial charge in [-0.2, -0.15) is 0 Å². The van der Waals surface area contributed by atoms with E-state index in [1.54, 1.807) is 24.3 Å². The van der Waals surface area contributed by atoms with Gasteiger partial charge in [-0.05, 0) is 37.3 Å². The molecule has 1 N–H and O–H groups in total. The van der Waals surface area contributed by atoms with Crippen LogP contribution in [0.1, 0.15) is 29.6 Å². The number of carbonyl (C=O) groups excluding carboxylic acids is 1. The molecule has 2 heterocycles. The van der Waals surface area contributed by atoms with Crippen molar-refractivity contribution in [3.63, 3.8) is 0 Å². The number of hydrogen-bond donors (Lipinski definition) is 1. The van der Waals surface area contributed by atoms with Crippen molar-refractivity contribution < 1.29 is 17.6 Å². The van der Waals surface area contributed by atoms with E-state index in [-0.39, 0.29) is 17.1 Å². The van der Waals surface area contributed by atoms with Gasteiger partial charge in [0.1, 0.15) is 21.0 Å². The standard InChI is InChI=1S/C17H19NO5S/c19-16(18-8-5-12-6-9-24(21,22)10-7-12)14-11-13-3-1-2-4-15(13)23-17(14)20/h1-4,11-12H,5-10H2,(H,18,19). The van der Waals surface area contributed by atoms with Crippen LogP contribution in [-0.4, -0.2) is 32.4 Å². The Kier molecular flexibility index (Phi) is 4.71. The summed E-state index contributed by atoms with van der Waals surface area (Å²) in [4.78, 5) is 24.1. The second-order valence-corrected chi connectivity index (χ2v) is 8.43. The molecule has 0 atom stereocenters. The summed E-state index contributed by atoms with van der Waals surface area (Å²) < 4.78 is 27.9. The summed E-state index contributed by atoms with van der Waals surface area (Å²) in [6.07, 6.45) is 1.98. The van der Waals surface area contributed by atoms with E-state index < -0.39 is 21.4 Å². The molecule has 0 aliphatic carbocycles. The Balaban J connectivity index is 1.59. The highest BCUT2D eigenvalue weighted by Gasteiger charge is 2.23. The van der Waals surface area contributed by atoms with E-state index in [4.69, 9.17) is 4.42 Å². The summed E-state index contributed by atoms with van der Waals surface area (Å²) >= 11 is 0. The molecule has 3 rings (SSSR count). The normalized spacial score (nSPS) is 17.7. The van der Waals surface area contributed by atoms with Gasteiger partial charge >= 0.3 is 5.63 Å². The van der Waals surface area contributed by atoms with Crippen LogP contribution in [0.2, 0.25) is 0 Å². The summed E-state index contributed by atoms with van der Waals surface area (Å²) in [6, 6.07) is 8.55. The fraction of sp³-hybridized carbons (Fsp3) is 0.412. The molecule has 1 aliphatic heterocycles. The molecule has 0 saturated carbocycles. The third kappa shape index (κ3) is 3.84. The molecule has 1 amide bonds. The van der Waals surface area contributed by atoms with Crippen molar-refractivity contribution in [3.8, 4) is 0 Å². The van der Waals surface area contributed by atoms with E-state index in [0.717, 1.165) is 0 Å². The number of hydrogen-bond acceptors (Lipinski definition) is 5. The summed E-state index contributed by atoms with van der Waals surface area (Å²) in [6.45, 7) is 0.413. The van der Waals surface area contributed by atoms with Crippen molar-refractivity contribution >= 4 is 26.7 Å². The molecule has 1 saturated heterocycles. The van der Waals surface area contributed by atoms with E-state index in [1.165, 1.54) is 6.07 Å². The van der Waals surface area contributed by atoms with Crippen LogP contribution >= 0.6 is 0 Å². The van der Waals surface area contributed by atoms with Gasteiger partial charge in [-0.25, -0.2) is 13.2 Å².